The van der Waals surface area contributed by atoms with Crippen molar-refractivity contribution in [1.29, 1.82) is 0 Å². The number of nitrogens with zero attached hydrogens (tertiary/aromatic N) is 3. The highest BCUT2D eigenvalue weighted by molar-refractivity contribution is 9.10. The predicted molar refractivity (Wildman–Crippen MR) is 70.5 cm³/mol. The number of fused-ring (bicyclic) bond motifs is 1. The van der Waals surface area contributed by atoms with Gasteiger partial charge in [-0.1, -0.05) is 0 Å². The van der Waals surface area contributed by atoms with Gasteiger partial charge in [0, 0.05) is 17.4 Å². The number of benzene rings is 1. The molecule has 4 nitrogen and oxygen atoms in total. The highest BCUT2D eigenvalue weighted by Gasteiger charge is 2.10. The van der Waals surface area contributed by atoms with E-state index in [2.05, 4.69) is 26.1 Å². The molecule has 0 fully saturated rings. The second-order valence-electron chi connectivity index (χ2n) is 3.84. The number of aromatic nitrogens is 3. The number of anilines is 1. The first-order chi connectivity index (χ1) is 8.65. The van der Waals surface area contributed by atoms with E-state index in [0.717, 1.165) is 0 Å². The fraction of sp³-hybridized carbons (Fsp3) is 0. The molecule has 2 N–H and O–H groups in total. The molecule has 1 aromatic carbocycles. The van der Waals surface area contributed by atoms with E-state index in [1.165, 1.54) is 6.07 Å². The van der Waals surface area contributed by atoms with Gasteiger partial charge in [0.2, 0.25) is 0 Å². The molecule has 18 heavy (non-hydrogen) atoms. The molecule has 0 aliphatic carbocycles. The highest BCUT2D eigenvalue weighted by atomic mass is 79.9. The normalized spacial score (nSPS) is 11.0. The van der Waals surface area contributed by atoms with Gasteiger partial charge in [0.1, 0.15) is 5.82 Å². The topological polar surface area (TPSA) is 56.2 Å². The number of rotatable bonds is 1. The quantitative estimate of drug-likeness (QED) is 0.752. The molecule has 0 unspecified atom stereocenters. The Morgan fingerprint density at radius 2 is 2.00 bits per heavy atom. The van der Waals surface area contributed by atoms with Crippen LogP contribution in [0.15, 0.2) is 41.0 Å². The van der Waals surface area contributed by atoms with Crippen LogP contribution in [-0.4, -0.2) is 14.6 Å². The van der Waals surface area contributed by atoms with E-state index in [4.69, 9.17) is 5.73 Å². The minimum Gasteiger partial charge on any atom is -0.398 e. The molecule has 0 spiro atoms. The number of nitrogen functional groups attached to an aromatic ring is 1. The van der Waals surface area contributed by atoms with Crippen LogP contribution in [-0.2, 0) is 0 Å². The second-order valence-corrected chi connectivity index (χ2v) is 4.70. The lowest BCUT2D eigenvalue weighted by Gasteiger charge is -2.02. The van der Waals surface area contributed by atoms with Crippen LogP contribution in [0.3, 0.4) is 0 Å². The van der Waals surface area contributed by atoms with E-state index >= 15 is 0 Å². The molecule has 2 aromatic heterocycles. The summed E-state index contributed by atoms with van der Waals surface area (Å²) >= 11 is 3.12. The van der Waals surface area contributed by atoms with Crippen LogP contribution < -0.4 is 5.73 Å². The molecule has 3 rings (SSSR count). The van der Waals surface area contributed by atoms with Crippen molar-refractivity contribution in [3.05, 3.63) is 46.8 Å². The summed E-state index contributed by atoms with van der Waals surface area (Å²) in [5.74, 6) is 0.219. The predicted octanol–water partition coefficient (Wildman–Crippen LogP) is 2.88. The summed E-state index contributed by atoms with van der Waals surface area (Å²) in [6.45, 7) is 0. The minimum absolute atomic E-state index is 0.340. The molecule has 0 amide bonds. The van der Waals surface area contributed by atoms with Gasteiger partial charge in [0.15, 0.2) is 11.5 Å². The third-order valence-corrected chi connectivity index (χ3v) is 3.25. The molecular weight excluding hydrogens is 299 g/mol. The average Bonchev–Trinajstić information content (AvgIpc) is 2.75. The van der Waals surface area contributed by atoms with E-state index in [1.54, 1.807) is 34.9 Å². The van der Waals surface area contributed by atoms with E-state index in [9.17, 15) is 4.39 Å². The van der Waals surface area contributed by atoms with Crippen molar-refractivity contribution in [1.82, 2.24) is 14.6 Å². The second kappa shape index (κ2) is 4.06. The van der Waals surface area contributed by atoms with Gasteiger partial charge in [-0.3, -0.25) is 4.40 Å². The number of hydrogen-bond acceptors (Lipinski definition) is 3. The number of halogens is 2. The average molecular weight is 307 g/mol. The Labute approximate surface area is 110 Å². The number of hydrogen-bond donors (Lipinski definition) is 1. The molecule has 0 saturated heterocycles. The van der Waals surface area contributed by atoms with Crippen molar-refractivity contribution in [2.45, 2.75) is 0 Å². The Bertz CT molecular complexity index is 738. The third kappa shape index (κ3) is 1.74. The molecule has 3 aromatic rings. The van der Waals surface area contributed by atoms with Gasteiger partial charge in [-0.05, 0) is 46.3 Å². The van der Waals surface area contributed by atoms with E-state index in [0.29, 0.717) is 27.2 Å². The lowest BCUT2D eigenvalue weighted by atomic mass is 10.2. The van der Waals surface area contributed by atoms with E-state index in [-0.39, 0.29) is 5.82 Å². The van der Waals surface area contributed by atoms with Crippen LogP contribution in [0.1, 0.15) is 0 Å². The van der Waals surface area contributed by atoms with Crippen LogP contribution in [0, 0.1) is 5.82 Å². The zero-order valence-electron chi connectivity index (χ0n) is 9.14. The van der Waals surface area contributed by atoms with Crippen molar-refractivity contribution in [3.8, 4) is 11.4 Å². The van der Waals surface area contributed by atoms with E-state index < -0.39 is 0 Å². The minimum atomic E-state index is -0.340. The van der Waals surface area contributed by atoms with Crippen LogP contribution in [0.25, 0.3) is 17.0 Å². The largest absolute Gasteiger partial charge is 0.398 e. The van der Waals surface area contributed by atoms with Gasteiger partial charge in [0.05, 0.1) is 4.47 Å². The summed E-state index contributed by atoms with van der Waals surface area (Å²) < 4.78 is 15.7. The van der Waals surface area contributed by atoms with Gasteiger partial charge < -0.3 is 5.73 Å². The maximum Gasteiger partial charge on any atom is 0.168 e. The Morgan fingerprint density at radius 3 is 2.78 bits per heavy atom. The smallest absolute Gasteiger partial charge is 0.168 e. The van der Waals surface area contributed by atoms with Crippen molar-refractivity contribution in [2.24, 2.45) is 0 Å². The molecule has 90 valence electrons. The van der Waals surface area contributed by atoms with Crippen LogP contribution >= 0.6 is 15.9 Å². The van der Waals surface area contributed by atoms with Crippen LogP contribution in [0.4, 0.5) is 10.1 Å². The lowest BCUT2D eigenvalue weighted by molar-refractivity contribution is 0.621. The summed E-state index contributed by atoms with van der Waals surface area (Å²) in [4.78, 5) is 0. The standard InChI is InChI=1S/C12H8BrFN4/c13-9-3-1-7(5-10(9)14)12-17-16-11-4-2-8(15)6-18(11)12/h1-6H,15H2. The van der Waals surface area contributed by atoms with E-state index in [1.807, 2.05) is 0 Å². The molecular formula is C12H8BrFN4. The fourth-order valence-electron chi connectivity index (χ4n) is 1.74. The molecule has 2 heterocycles. The SMILES string of the molecule is Nc1ccc2nnc(-c3ccc(Br)c(F)c3)n2c1. The Kier molecular flexibility index (Phi) is 2.52. The molecule has 0 aliphatic rings. The van der Waals surface area contributed by atoms with Gasteiger partial charge >= 0.3 is 0 Å². The molecule has 0 bridgehead atoms. The third-order valence-electron chi connectivity index (χ3n) is 2.60. The summed E-state index contributed by atoms with van der Waals surface area (Å²) in [6, 6.07) is 8.32. The van der Waals surface area contributed by atoms with Gasteiger partial charge in [-0.2, -0.15) is 0 Å². The molecule has 6 heteroatoms. The summed E-state index contributed by atoms with van der Waals surface area (Å²) in [7, 11) is 0. The molecule has 0 saturated carbocycles. The van der Waals surface area contributed by atoms with Crippen molar-refractivity contribution < 1.29 is 4.39 Å². The van der Waals surface area contributed by atoms with Crippen molar-refractivity contribution >= 4 is 27.3 Å². The zero-order valence-corrected chi connectivity index (χ0v) is 10.7. The molecule has 0 atom stereocenters. The number of nitrogens with two attached hydrogens (primary N) is 1. The molecule has 0 aliphatic heterocycles. The maximum atomic E-state index is 13.5. The zero-order chi connectivity index (χ0) is 12.7. The highest BCUT2D eigenvalue weighted by Crippen LogP contribution is 2.24. The summed E-state index contributed by atoms with van der Waals surface area (Å²) in [5, 5.41) is 8.06. The number of pyridine rings is 1. The first-order valence-electron chi connectivity index (χ1n) is 5.21. The van der Waals surface area contributed by atoms with Crippen molar-refractivity contribution in [3.63, 3.8) is 0 Å². The van der Waals surface area contributed by atoms with Crippen LogP contribution in [0.2, 0.25) is 0 Å². The van der Waals surface area contributed by atoms with Crippen LogP contribution in [0.5, 0.6) is 0 Å². The van der Waals surface area contributed by atoms with Gasteiger partial charge in [-0.15, -0.1) is 10.2 Å². The first kappa shape index (κ1) is 11.2. The summed E-state index contributed by atoms with van der Waals surface area (Å²) in [5.41, 5.74) is 7.64. The Hall–Kier alpha value is -1.95. The van der Waals surface area contributed by atoms with Gasteiger partial charge in [0.25, 0.3) is 0 Å². The van der Waals surface area contributed by atoms with Crippen molar-refractivity contribution in [2.75, 3.05) is 5.73 Å². The maximum absolute atomic E-state index is 13.5. The monoisotopic (exact) mass is 306 g/mol. The molecule has 0 radical (unpaired) electrons. The van der Waals surface area contributed by atoms with Gasteiger partial charge in [-0.25, -0.2) is 4.39 Å². The summed E-state index contributed by atoms with van der Waals surface area (Å²) in [6.07, 6.45) is 1.71. The Balaban J connectivity index is 2.24. The first-order valence-corrected chi connectivity index (χ1v) is 6.00. The Morgan fingerprint density at radius 1 is 1.17 bits per heavy atom. The fourth-order valence-corrected chi connectivity index (χ4v) is 1.99. The lowest BCUT2D eigenvalue weighted by Crippen LogP contribution is -1.93.